The highest BCUT2D eigenvalue weighted by Crippen LogP contribution is 2.56. The van der Waals surface area contributed by atoms with Crippen molar-refractivity contribution in [3.63, 3.8) is 0 Å². The zero-order valence-corrected chi connectivity index (χ0v) is 49.1. The SMILES string of the molecule is Cl.Cl.Cl.Cl.O=COc1ccc(-c2ccc(C[n+]3ccc(-c4cc[n+](-c5ccc(C6(c7ccc(-[n+]8ccc(-c9cc[n+](Cc%10ccc(-c%11ccc(OC=O)cc%11)cc%10)cc9)cc8)cc7)c7ccccc7-c7ccccc76)cc5)cc4)cc3)cc2)cc1. The van der Waals surface area contributed by atoms with Crippen LogP contribution in [0.4, 0.5) is 0 Å². The minimum absolute atomic E-state index is 0. The van der Waals surface area contributed by atoms with E-state index in [1.165, 1.54) is 44.5 Å². The standard InChI is InChI=1S/C73H54N4O4.4ClH/c78-51-80-67-29-17-57(18-30-67)55-13-9-53(10-14-55)49-74-41-33-59(34-42-74)61-37-45-76(46-38-61)65-25-21-63(22-26-65)73(71-7-3-1-5-69(71)70-6-2-4-8-72(70)73)64-23-27-66(28-24-64)77-47-39-62(40-48-77)60-35-43-75(44-36-60)50-54-11-15-56(16-12-54)58-19-31-68(32-20-58)81-52-79;;;;/h1-48,51-52H,49-50H2;4*1H/q+4;;;;. The number of carbonyl (C=O) groups is 2. The van der Waals surface area contributed by atoms with Crippen LogP contribution in [0.3, 0.4) is 0 Å². The third-order valence-corrected chi connectivity index (χ3v) is 15.6. The van der Waals surface area contributed by atoms with Gasteiger partial charge in [-0.2, -0.15) is 9.13 Å². The predicted octanol–water partition coefficient (Wildman–Crippen LogP) is 14.7. The molecule has 0 bridgehead atoms. The molecule has 0 saturated heterocycles. The number of halogens is 4. The summed E-state index contributed by atoms with van der Waals surface area (Å²) in [4.78, 5) is 21.3. The quantitative estimate of drug-likeness (QED) is 0.0714. The Labute approximate surface area is 519 Å². The van der Waals surface area contributed by atoms with E-state index in [1.54, 1.807) is 24.3 Å². The van der Waals surface area contributed by atoms with Crippen LogP contribution in [0.5, 0.6) is 11.5 Å². The number of benzene rings is 8. The number of aromatic nitrogens is 4. The van der Waals surface area contributed by atoms with E-state index in [1.807, 2.05) is 24.3 Å². The average Bonchev–Trinajstić information content (AvgIpc) is 1.60. The number of carbonyl (C=O) groups excluding carboxylic acids is 2. The minimum Gasteiger partial charge on any atom is -0.429 e. The summed E-state index contributed by atoms with van der Waals surface area (Å²) in [5.74, 6) is 1.06. The van der Waals surface area contributed by atoms with Gasteiger partial charge in [-0.25, -0.2) is 9.13 Å². The van der Waals surface area contributed by atoms with Crippen molar-refractivity contribution in [1.82, 2.24) is 0 Å². The maximum Gasteiger partial charge on any atom is 0.298 e. The number of rotatable bonds is 16. The van der Waals surface area contributed by atoms with Gasteiger partial charge in [-0.15, -0.1) is 49.6 Å². The van der Waals surface area contributed by atoms with Crippen LogP contribution in [0.25, 0.3) is 67.0 Å². The van der Waals surface area contributed by atoms with Gasteiger partial charge in [0.05, 0.1) is 5.41 Å². The van der Waals surface area contributed by atoms with E-state index in [4.69, 9.17) is 9.47 Å². The second-order valence-electron chi connectivity index (χ2n) is 20.3. The Balaban J connectivity index is 0.00000216. The lowest BCUT2D eigenvalue weighted by molar-refractivity contribution is -0.688. The fourth-order valence-corrected chi connectivity index (χ4v) is 11.5. The van der Waals surface area contributed by atoms with Crippen LogP contribution in [-0.4, -0.2) is 12.9 Å². The molecule has 0 radical (unpaired) electrons. The smallest absolute Gasteiger partial charge is 0.298 e. The van der Waals surface area contributed by atoms with E-state index < -0.39 is 5.41 Å². The Kier molecular flexibility index (Phi) is 18.9. The van der Waals surface area contributed by atoms with Gasteiger partial charge in [-0.05, 0) is 102 Å². The number of hydrogen-bond donors (Lipinski definition) is 0. The number of ether oxygens (including phenoxy) is 2. The van der Waals surface area contributed by atoms with Gasteiger partial charge in [-0.1, -0.05) is 146 Å². The van der Waals surface area contributed by atoms with Crippen LogP contribution in [0, 0.1) is 0 Å². The van der Waals surface area contributed by atoms with Gasteiger partial charge < -0.3 is 9.47 Å². The molecule has 0 spiro atoms. The minimum atomic E-state index is -0.529. The zero-order valence-electron chi connectivity index (χ0n) is 45.8. The fraction of sp³-hybridized carbons (Fsp3) is 0.0411. The summed E-state index contributed by atoms with van der Waals surface area (Å²) in [6, 6.07) is 85.5. The van der Waals surface area contributed by atoms with Crippen LogP contribution in [0.2, 0.25) is 0 Å². The Hall–Kier alpha value is -9.54. The lowest BCUT2D eigenvalue weighted by Gasteiger charge is -2.33. The molecular weight excluding hydrogens is 1140 g/mol. The summed E-state index contributed by atoms with van der Waals surface area (Å²) < 4.78 is 18.6. The molecule has 12 heteroatoms. The van der Waals surface area contributed by atoms with E-state index in [-0.39, 0.29) is 49.6 Å². The number of pyridine rings is 4. The number of nitrogens with zero attached hydrogens (tertiary/aromatic N) is 4. The summed E-state index contributed by atoms with van der Waals surface area (Å²) in [5, 5.41) is 0. The molecular formula is C73H58Cl4N4O4+4. The van der Waals surface area contributed by atoms with Gasteiger partial charge in [0.2, 0.25) is 11.4 Å². The molecule has 0 saturated carbocycles. The highest BCUT2D eigenvalue weighted by Gasteiger charge is 2.46. The van der Waals surface area contributed by atoms with E-state index in [2.05, 4.69) is 262 Å². The van der Waals surface area contributed by atoms with Crippen molar-refractivity contribution in [3.8, 4) is 78.5 Å². The van der Waals surface area contributed by atoms with E-state index in [0.29, 0.717) is 24.4 Å². The first-order valence-corrected chi connectivity index (χ1v) is 27.0. The molecule has 0 unspecified atom stereocenters. The van der Waals surface area contributed by atoms with Crippen LogP contribution in [0.1, 0.15) is 33.4 Å². The second kappa shape index (κ2) is 26.8. The molecule has 0 aliphatic heterocycles. The Morgan fingerprint density at radius 2 is 0.588 bits per heavy atom. The van der Waals surface area contributed by atoms with Crippen LogP contribution >= 0.6 is 49.6 Å². The third-order valence-electron chi connectivity index (χ3n) is 15.6. The van der Waals surface area contributed by atoms with Crippen molar-refractivity contribution in [2.24, 2.45) is 0 Å². The molecule has 4 heterocycles. The van der Waals surface area contributed by atoms with Crippen molar-refractivity contribution in [2.75, 3.05) is 0 Å². The Morgan fingerprint density at radius 3 is 0.906 bits per heavy atom. The molecule has 1 aliphatic rings. The second-order valence-corrected chi connectivity index (χ2v) is 20.3. The molecule has 8 nitrogen and oxygen atoms in total. The normalized spacial score (nSPS) is 11.4. The summed E-state index contributed by atoms with van der Waals surface area (Å²) in [6.45, 7) is 2.40. The monoisotopic (exact) mass is 1190 g/mol. The summed E-state index contributed by atoms with van der Waals surface area (Å²) in [5.41, 5.74) is 20.5. The zero-order chi connectivity index (χ0) is 54.5. The Morgan fingerprint density at radius 1 is 0.306 bits per heavy atom. The molecule has 0 N–H and O–H groups in total. The van der Waals surface area contributed by atoms with Crippen molar-refractivity contribution >= 4 is 62.6 Å². The van der Waals surface area contributed by atoms with E-state index >= 15 is 0 Å². The van der Waals surface area contributed by atoms with Gasteiger partial charge in [0.15, 0.2) is 62.7 Å². The van der Waals surface area contributed by atoms with Gasteiger partial charge in [0.1, 0.15) is 11.5 Å². The molecule has 8 aromatic carbocycles. The molecule has 85 heavy (non-hydrogen) atoms. The third kappa shape index (κ3) is 12.3. The molecule has 0 atom stereocenters. The molecule has 0 fully saturated rings. The lowest BCUT2D eigenvalue weighted by atomic mass is 9.67. The van der Waals surface area contributed by atoms with Crippen LogP contribution < -0.4 is 27.7 Å². The first kappa shape index (κ1) is 60.1. The van der Waals surface area contributed by atoms with Gasteiger partial charge in [-0.3, -0.25) is 9.59 Å². The van der Waals surface area contributed by atoms with Crippen LogP contribution in [0.15, 0.2) is 292 Å². The fourth-order valence-electron chi connectivity index (χ4n) is 11.5. The maximum atomic E-state index is 10.7. The van der Waals surface area contributed by atoms with Crippen LogP contribution in [-0.2, 0) is 28.1 Å². The van der Waals surface area contributed by atoms with Gasteiger partial charge in [0, 0.05) is 83.9 Å². The number of hydrogen-bond acceptors (Lipinski definition) is 4. The predicted molar refractivity (Wildman–Crippen MR) is 342 cm³/mol. The van der Waals surface area contributed by atoms with E-state index in [9.17, 15) is 9.59 Å². The van der Waals surface area contributed by atoms with Crippen molar-refractivity contribution in [3.05, 3.63) is 326 Å². The molecule has 4 aromatic heterocycles. The highest BCUT2D eigenvalue weighted by molar-refractivity contribution is 5.87. The average molecular weight is 1200 g/mol. The first-order chi connectivity index (χ1) is 40.0. The number of fused-ring (bicyclic) bond motifs is 3. The lowest BCUT2D eigenvalue weighted by Crippen LogP contribution is -2.33. The summed E-state index contributed by atoms with van der Waals surface area (Å²) in [7, 11) is 0. The van der Waals surface area contributed by atoms with Crippen molar-refractivity contribution in [1.29, 1.82) is 0 Å². The summed E-state index contributed by atoms with van der Waals surface area (Å²) >= 11 is 0. The topological polar surface area (TPSA) is 68.1 Å². The highest BCUT2D eigenvalue weighted by atomic mass is 35.5. The van der Waals surface area contributed by atoms with Crippen molar-refractivity contribution in [2.45, 2.75) is 18.5 Å². The van der Waals surface area contributed by atoms with Gasteiger partial charge in [0.25, 0.3) is 12.9 Å². The molecule has 12 aromatic rings. The first-order valence-electron chi connectivity index (χ1n) is 27.0. The molecule has 418 valence electrons. The summed E-state index contributed by atoms with van der Waals surface area (Å²) in [6.07, 6.45) is 17.1. The van der Waals surface area contributed by atoms with Gasteiger partial charge >= 0.3 is 0 Å². The van der Waals surface area contributed by atoms with Crippen molar-refractivity contribution < 1.29 is 37.3 Å². The molecule has 13 rings (SSSR count). The van der Waals surface area contributed by atoms with E-state index in [0.717, 1.165) is 69.0 Å². The maximum absolute atomic E-state index is 10.7. The largest absolute Gasteiger partial charge is 0.429 e. The molecule has 1 aliphatic carbocycles. The molecule has 0 amide bonds. The Bertz CT molecular complexity index is 3920.